The Kier molecular flexibility index (Phi) is 8.35. The molecular formula is C34H37ClN4O5. The number of piperidine rings is 1. The number of likely N-dealkylation sites (tertiary alicyclic amines) is 1. The summed E-state index contributed by atoms with van der Waals surface area (Å²) in [5.41, 5.74) is 4.55. The van der Waals surface area contributed by atoms with Crippen molar-refractivity contribution in [2.75, 3.05) is 13.1 Å². The second kappa shape index (κ2) is 12.2. The first kappa shape index (κ1) is 30.1. The zero-order valence-corrected chi connectivity index (χ0v) is 25.7. The molecule has 2 aromatic carbocycles. The number of halogens is 1. The third kappa shape index (κ3) is 6.16. The van der Waals surface area contributed by atoms with Crippen molar-refractivity contribution in [1.29, 1.82) is 0 Å². The number of carboxylic acids is 1. The third-order valence-corrected chi connectivity index (χ3v) is 9.59. The van der Waals surface area contributed by atoms with Crippen LogP contribution in [0.3, 0.4) is 0 Å². The molecule has 2 fully saturated rings. The van der Waals surface area contributed by atoms with Gasteiger partial charge in [0.2, 0.25) is 0 Å². The summed E-state index contributed by atoms with van der Waals surface area (Å²) in [4.78, 5) is 38.7. The summed E-state index contributed by atoms with van der Waals surface area (Å²) in [6.45, 7) is 4.75. The van der Waals surface area contributed by atoms with Gasteiger partial charge in [-0.05, 0) is 87.6 Å². The summed E-state index contributed by atoms with van der Waals surface area (Å²) in [6, 6.07) is 17.7. The number of hydrogen-bond acceptors (Lipinski definition) is 6. The lowest BCUT2D eigenvalue weighted by Gasteiger charge is -2.36. The molecule has 2 aromatic heterocycles. The average Bonchev–Trinajstić information content (AvgIpc) is 3.42. The largest absolute Gasteiger partial charge is 0.481 e. The molecule has 10 heteroatoms. The van der Waals surface area contributed by atoms with Gasteiger partial charge in [0.15, 0.2) is 5.65 Å². The average molecular weight is 617 g/mol. The number of aliphatic hydroxyl groups is 1. The minimum Gasteiger partial charge on any atom is -0.481 e. The smallest absolute Gasteiger partial charge is 0.309 e. The van der Waals surface area contributed by atoms with Gasteiger partial charge < -0.3 is 24.8 Å². The second-order valence-electron chi connectivity index (χ2n) is 12.5. The molecule has 1 saturated heterocycles. The Morgan fingerprint density at radius 2 is 1.50 bits per heavy atom. The molecule has 0 spiro atoms. The number of benzene rings is 2. The molecule has 6 rings (SSSR count). The van der Waals surface area contributed by atoms with Crippen molar-refractivity contribution in [3.8, 4) is 28.4 Å². The predicted octanol–water partition coefficient (Wildman–Crippen LogP) is 6.59. The molecule has 1 aliphatic heterocycles. The van der Waals surface area contributed by atoms with Crippen molar-refractivity contribution >= 4 is 34.6 Å². The van der Waals surface area contributed by atoms with E-state index in [2.05, 4.69) is 9.97 Å². The van der Waals surface area contributed by atoms with E-state index in [1.165, 1.54) is 0 Å². The number of amides is 1. The molecule has 9 nitrogen and oxygen atoms in total. The molecule has 1 saturated carbocycles. The van der Waals surface area contributed by atoms with Gasteiger partial charge in [-0.3, -0.25) is 9.59 Å². The molecule has 4 aromatic rings. The van der Waals surface area contributed by atoms with Crippen LogP contribution in [-0.2, 0) is 4.79 Å². The van der Waals surface area contributed by atoms with Gasteiger partial charge in [0.1, 0.15) is 6.10 Å². The van der Waals surface area contributed by atoms with E-state index in [4.69, 9.17) is 21.3 Å². The van der Waals surface area contributed by atoms with Crippen molar-refractivity contribution < 1.29 is 24.5 Å². The number of carbonyl (C=O) groups is 2. The van der Waals surface area contributed by atoms with Crippen LogP contribution >= 0.6 is 11.6 Å². The fourth-order valence-electron chi connectivity index (χ4n) is 6.27. The number of carboxylic acid groups (broad SMARTS) is 1. The zero-order valence-electron chi connectivity index (χ0n) is 24.9. The van der Waals surface area contributed by atoms with Crippen LogP contribution in [0.4, 0.5) is 0 Å². The lowest BCUT2D eigenvalue weighted by Crippen LogP contribution is -2.40. The summed E-state index contributed by atoms with van der Waals surface area (Å²) >= 11 is 6.65. The Labute approximate surface area is 261 Å². The summed E-state index contributed by atoms with van der Waals surface area (Å²) < 4.78 is 6.14. The molecule has 0 bridgehead atoms. The molecule has 3 N–H and O–H groups in total. The Bertz CT molecular complexity index is 1650. The Balaban J connectivity index is 1.12. The van der Waals surface area contributed by atoms with Crippen LogP contribution in [-0.4, -0.2) is 67.2 Å². The number of aliphatic hydroxyl groups excluding tert-OH is 1. The van der Waals surface area contributed by atoms with E-state index in [9.17, 15) is 19.8 Å². The van der Waals surface area contributed by atoms with E-state index in [0.29, 0.717) is 59.4 Å². The number of nitrogens with one attached hydrogen (secondary N) is 1. The van der Waals surface area contributed by atoms with Crippen molar-refractivity contribution in [1.82, 2.24) is 19.9 Å². The van der Waals surface area contributed by atoms with Gasteiger partial charge in [-0.15, -0.1) is 0 Å². The zero-order chi connectivity index (χ0) is 31.0. The van der Waals surface area contributed by atoms with Gasteiger partial charge in [0, 0.05) is 24.2 Å². The van der Waals surface area contributed by atoms with E-state index in [1.807, 2.05) is 48.5 Å². The summed E-state index contributed by atoms with van der Waals surface area (Å²) in [5, 5.41) is 19.8. The quantitative estimate of drug-likeness (QED) is 0.214. The molecule has 0 radical (unpaired) electrons. The Morgan fingerprint density at radius 1 is 0.909 bits per heavy atom. The first-order valence-electron chi connectivity index (χ1n) is 15.2. The van der Waals surface area contributed by atoms with Crippen LogP contribution in [0.15, 0.2) is 54.6 Å². The van der Waals surface area contributed by atoms with Gasteiger partial charge in [-0.2, -0.15) is 4.98 Å². The molecule has 2 aliphatic rings. The van der Waals surface area contributed by atoms with E-state index < -0.39 is 11.4 Å². The standard InChI is InChI=1S/C34H37ClN4O5/c1-34(2,32(42)43)24-11-13-26(14-12-24)44-33-36-28-19-27(35)29(37-30(28)38-33)22-7-3-20(4-8-22)21-5-9-23(10-6-21)31(41)39-17-15-25(40)16-18-39/h3-10,19,24-26,40H,11-18H2,1-2H3,(H,42,43)(H,36,37,38)/t24-,26-. The van der Waals surface area contributed by atoms with Gasteiger partial charge in [0.25, 0.3) is 11.9 Å². The third-order valence-electron chi connectivity index (χ3n) is 9.30. The van der Waals surface area contributed by atoms with E-state index in [-0.39, 0.29) is 24.0 Å². The highest BCUT2D eigenvalue weighted by molar-refractivity contribution is 6.33. The van der Waals surface area contributed by atoms with Crippen molar-refractivity contribution in [2.24, 2.45) is 11.3 Å². The maximum absolute atomic E-state index is 12.8. The van der Waals surface area contributed by atoms with Gasteiger partial charge in [-0.1, -0.05) is 48.0 Å². The topological polar surface area (TPSA) is 129 Å². The lowest BCUT2D eigenvalue weighted by atomic mass is 9.70. The molecule has 1 amide bonds. The molecule has 0 atom stereocenters. The summed E-state index contributed by atoms with van der Waals surface area (Å²) in [7, 11) is 0. The van der Waals surface area contributed by atoms with Gasteiger partial charge in [0.05, 0.1) is 27.8 Å². The molecule has 44 heavy (non-hydrogen) atoms. The number of hydrogen-bond donors (Lipinski definition) is 3. The van der Waals surface area contributed by atoms with Gasteiger partial charge in [-0.25, -0.2) is 4.98 Å². The highest BCUT2D eigenvalue weighted by Gasteiger charge is 2.39. The SMILES string of the molecule is CC(C)(C(=O)O)[C@H]1CC[C@H](Oc2nc3nc(-c4ccc(-c5ccc(C(=O)N6CCC(O)CC6)cc5)cc4)c(Cl)cc3[nH]2)CC1. The maximum Gasteiger partial charge on any atom is 0.309 e. The van der Waals surface area contributed by atoms with Crippen molar-refractivity contribution in [3.63, 3.8) is 0 Å². The number of nitrogens with zero attached hydrogens (tertiary/aromatic N) is 3. The molecule has 3 heterocycles. The number of H-pyrrole nitrogens is 1. The number of fused-ring (bicyclic) bond motifs is 1. The van der Waals surface area contributed by atoms with E-state index in [0.717, 1.165) is 42.4 Å². The first-order chi connectivity index (χ1) is 21.1. The lowest BCUT2D eigenvalue weighted by molar-refractivity contribution is -0.151. The molecular weight excluding hydrogens is 580 g/mol. The predicted molar refractivity (Wildman–Crippen MR) is 169 cm³/mol. The molecule has 0 unspecified atom stereocenters. The Hall–Kier alpha value is -3.95. The van der Waals surface area contributed by atoms with Crippen LogP contribution < -0.4 is 4.74 Å². The normalized spacial score (nSPS) is 19.7. The molecule has 1 aliphatic carbocycles. The minimum atomic E-state index is -0.758. The number of pyridine rings is 1. The first-order valence-corrected chi connectivity index (χ1v) is 15.6. The van der Waals surface area contributed by atoms with Crippen LogP contribution in [0.2, 0.25) is 5.02 Å². The fraction of sp³-hybridized carbons (Fsp3) is 0.412. The Morgan fingerprint density at radius 3 is 2.11 bits per heavy atom. The number of aromatic nitrogens is 3. The van der Waals surface area contributed by atoms with E-state index >= 15 is 0 Å². The highest BCUT2D eigenvalue weighted by Crippen LogP contribution is 2.39. The van der Waals surface area contributed by atoms with Crippen LogP contribution in [0.25, 0.3) is 33.5 Å². The number of carbonyl (C=O) groups excluding carboxylic acids is 1. The summed E-state index contributed by atoms with van der Waals surface area (Å²) in [5.74, 6) is -0.644. The van der Waals surface area contributed by atoms with Crippen LogP contribution in [0.1, 0.15) is 62.7 Å². The van der Waals surface area contributed by atoms with Crippen molar-refractivity contribution in [2.45, 2.75) is 64.6 Å². The monoisotopic (exact) mass is 616 g/mol. The van der Waals surface area contributed by atoms with Crippen LogP contribution in [0, 0.1) is 11.3 Å². The highest BCUT2D eigenvalue weighted by atomic mass is 35.5. The number of rotatable bonds is 7. The van der Waals surface area contributed by atoms with Crippen LogP contribution in [0.5, 0.6) is 6.01 Å². The number of ether oxygens (including phenoxy) is 1. The summed E-state index contributed by atoms with van der Waals surface area (Å²) in [6.07, 6.45) is 4.01. The number of imidazole rings is 1. The van der Waals surface area contributed by atoms with Gasteiger partial charge >= 0.3 is 5.97 Å². The fourth-order valence-corrected chi connectivity index (χ4v) is 6.53. The maximum atomic E-state index is 12.8. The second-order valence-corrected chi connectivity index (χ2v) is 12.9. The minimum absolute atomic E-state index is 0.00556. The number of aromatic amines is 1. The number of aliphatic carboxylic acids is 1. The molecule has 230 valence electrons. The van der Waals surface area contributed by atoms with Crippen molar-refractivity contribution in [3.05, 3.63) is 65.2 Å². The van der Waals surface area contributed by atoms with E-state index in [1.54, 1.807) is 24.8 Å².